The number of anilines is 1. The molecule has 21 heavy (non-hydrogen) atoms. The third-order valence-electron chi connectivity index (χ3n) is 3.96. The van der Waals surface area contributed by atoms with Crippen molar-refractivity contribution in [1.29, 1.82) is 0 Å². The van der Waals surface area contributed by atoms with Gasteiger partial charge in [0, 0.05) is 13.1 Å². The number of rotatable bonds is 3. The fraction of sp³-hybridized carbons (Fsp3) is 0.400. The van der Waals surface area contributed by atoms with Gasteiger partial charge in [-0.05, 0) is 31.9 Å². The van der Waals surface area contributed by atoms with Gasteiger partial charge >= 0.3 is 0 Å². The molecular weight excluding hydrogens is 271 g/mol. The summed E-state index contributed by atoms with van der Waals surface area (Å²) in [5.74, 6) is -0.681. The van der Waals surface area contributed by atoms with E-state index in [9.17, 15) is 9.18 Å². The van der Waals surface area contributed by atoms with Gasteiger partial charge in [0.15, 0.2) is 5.78 Å². The van der Waals surface area contributed by atoms with Gasteiger partial charge in [-0.2, -0.15) is 5.10 Å². The second-order valence-electron chi connectivity index (χ2n) is 5.28. The summed E-state index contributed by atoms with van der Waals surface area (Å²) < 4.78 is 15.8. The number of hydrogen-bond donors (Lipinski definition) is 0. The Morgan fingerprint density at radius 2 is 2.10 bits per heavy atom. The minimum absolute atomic E-state index is 0.191. The fourth-order valence-corrected chi connectivity index (χ4v) is 2.90. The molecule has 0 spiro atoms. The van der Waals surface area contributed by atoms with E-state index >= 15 is 0 Å². The lowest BCUT2D eigenvalue weighted by Gasteiger charge is -2.34. The summed E-state index contributed by atoms with van der Waals surface area (Å²) in [5.41, 5.74) is 0.885. The van der Waals surface area contributed by atoms with E-state index in [0.717, 1.165) is 25.9 Å². The molecule has 1 fully saturated rings. The SMILES string of the molecule is CC(=O)c1c(F)cccc1N1CCC(n2cncn2)CC1. The topological polar surface area (TPSA) is 51.0 Å². The molecule has 2 aromatic rings. The van der Waals surface area contributed by atoms with Crippen molar-refractivity contribution in [3.8, 4) is 0 Å². The van der Waals surface area contributed by atoms with Crippen LogP contribution in [0.1, 0.15) is 36.2 Å². The van der Waals surface area contributed by atoms with Crippen LogP contribution in [0.4, 0.5) is 10.1 Å². The van der Waals surface area contributed by atoms with E-state index < -0.39 is 5.82 Å². The largest absolute Gasteiger partial charge is 0.371 e. The molecule has 0 bridgehead atoms. The molecule has 3 rings (SSSR count). The quantitative estimate of drug-likeness (QED) is 0.814. The van der Waals surface area contributed by atoms with Gasteiger partial charge in [-0.3, -0.25) is 4.79 Å². The molecule has 1 aromatic heterocycles. The number of piperidine rings is 1. The van der Waals surface area contributed by atoms with Crippen molar-refractivity contribution in [2.45, 2.75) is 25.8 Å². The molecule has 1 aliphatic rings. The highest BCUT2D eigenvalue weighted by atomic mass is 19.1. The average Bonchev–Trinajstić information content (AvgIpc) is 3.01. The Hall–Kier alpha value is -2.24. The number of carbonyl (C=O) groups is 1. The number of Topliss-reactive ketones (excluding diaryl/α,β-unsaturated/α-hetero) is 1. The highest BCUT2D eigenvalue weighted by molar-refractivity contribution is 6.00. The van der Waals surface area contributed by atoms with E-state index in [1.807, 2.05) is 10.7 Å². The van der Waals surface area contributed by atoms with Crippen molar-refractivity contribution in [3.63, 3.8) is 0 Å². The van der Waals surface area contributed by atoms with Crippen molar-refractivity contribution < 1.29 is 9.18 Å². The van der Waals surface area contributed by atoms with Crippen LogP contribution in [0.5, 0.6) is 0 Å². The maximum Gasteiger partial charge on any atom is 0.164 e. The summed E-state index contributed by atoms with van der Waals surface area (Å²) in [6.45, 7) is 2.95. The van der Waals surface area contributed by atoms with Crippen molar-refractivity contribution >= 4 is 11.5 Å². The molecule has 0 atom stereocenters. The first kappa shape index (κ1) is 13.7. The lowest BCUT2D eigenvalue weighted by Crippen LogP contribution is -2.35. The Kier molecular flexibility index (Phi) is 3.68. The molecule has 0 N–H and O–H groups in total. The number of halogens is 1. The molecule has 1 aromatic carbocycles. The standard InChI is InChI=1S/C15H17FN4O/c1-11(21)15-13(16)3-2-4-14(15)19-7-5-12(6-8-19)20-10-17-9-18-20/h2-4,9-10,12H,5-8H2,1H3. The summed E-state index contributed by atoms with van der Waals surface area (Å²) in [5, 5.41) is 4.17. The predicted octanol–water partition coefficient (Wildman–Crippen LogP) is 2.46. The first-order valence-electron chi connectivity index (χ1n) is 7.05. The van der Waals surface area contributed by atoms with Crippen LogP contribution >= 0.6 is 0 Å². The molecule has 110 valence electrons. The normalized spacial score (nSPS) is 16.2. The van der Waals surface area contributed by atoms with Crippen molar-refractivity contribution in [2.24, 2.45) is 0 Å². The van der Waals surface area contributed by atoms with Gasteiger partial charge in [0.2, 0.25) is 0 Å². The zero-order chi connectivity index (χ0) is 14.8. The summed E-state index contributed by atoms with van der Waals surface area (Å²) in [4.78, 5) is 17.7. The predicted molar refractivity (Wildman–Crippen MR) is 76.9 cm³/mol. The molecule has 0 saturated carbocycles. The first-order chi connectivity index (χ1) is 10.2. The average molecular weight is 288 g/mol. The van der Waals surface area contributed by atoms with Gasteiger partial charge < -0.3 is 4.90 Å². The summed E-state index contributed by atoms with van der Waals surface area (Å²) in [6.07, 6.45) is 5.06. The Balaban J connectivity index is 1.78. The van der Waals surface area contributed by atoms with Crippen LogP contribution in [0.3, 0.4) is 0 Å². The second-order valence-corrected chi connectivity index (χ2v) is 5.28. The monoisotopic (exact) mass is 288 g/mol. The van der Waals surface area contributed by atoms with E-state index in [1.165, 1.54) is 19.3 Å². The van der Waals surface area contributed by atoms with Crippen LogP contribution in [-0.2, 0) is 0 Å². The minimum Gasteiger partial charge on any atom is -0.371 e. The molecule has 0 amide bonds. The third kappa shape index (κ3) is 2.66. The zero-order valence-electron chi connectivity index (χ0n) is 11.9. The summed E-state index contributed by atoms with van der Waals surface area (Å²) >= 11 is 0. The van der Waals surface area contributed by atoms with Gasteiger partial charge in [0.05, 0.1) is 17.3 Å². The lowest BCUT2D eigenvalue weighted by molar-refractivity contribution is 0.101. The van der Waals surface area contributed by atoms with Crippen LogP contribution in [0.25, 0.3) is 0 Å². The molecule has 2 heterocycles. The van der Waals surface area contributed by atoms with Crippen molar-refractivity contribution in [2.75, 3.05) is 18.0 Å². The van der Waals surface area contributed by atoms with Crippen LogP contribution in [-0.4, -0.2) is 33.6 Å². The van der Waals surface area contributed by atoms with Crippen LogP contribution in [0, 0.1) is 5.82 Å². The van der Waals surface area contributed by atoms with Crippen molar-refractivity contribution in [1.82, 2.24) is 14.8 Å². The Labute approximate surface area is 122 Å². The lowest BCUT2D eigenvalue weighted by atomic mass is 10.0. The Morgan fingerprint density at radius 1 is 1.33 bits per heavy atom. The second kappa shape index (κ2) is 5.63. The molecule has 0 unspecified atom stereocenters. The van der Waals surface area contributed by atoms with Crippen LogP contribution in [0.2, 0.25) is 0 Å². The molecule has 1 saturated heterocycles. The van der Waals surface area contributed by atoms with E-state index in [1.54, 1.807) is 12.4 Å². The highest BCUT2D eigenvalue weighted by Gasteiger charge is 2.24. The summed E-state index contributed by atoms with van der Waals surface area (Å²) in [7, 11) is 0. The molecule has 1 aliphatic heterocycles. The van der Waals surface area contributed by atoms with Crippen LogP contribution < -0.4 is 4.90 Å². The van der Waals surface area contributed by atoms with Gasteiger partial charge in [-0.15, -0.1) is 0 Å². The maximum absolute atomic E-state index is 13.9. The molecule has 5 nitrogen and oxygen atoms in total. The summed E-state index contributed by atoms with van der Waals surface area (Å²) in [6, 6.07) is 5.12. The van der Waals surface area contributed by atoms with Crippen molar-refractivity contribution in [3.05, 3.63) is 42.2 Å². The number of aromatic nitrogens is 3. The van der Waals surface area contributed by atoms with E-state index in [2.05, 4.69) is 15.0 Å². The molecule has 0 aliphatic carbocycles. The van der Waals surface area contributed by atoms with Gasteiger partial charge in [-0.25, -0.2) is 14.1 Å². The molecular formula is C15H17FN4O. The minimum atomic E-state index is -0.446. The first-order valence-corrected chi connectivity index (χ1v) is 7.05. The van der Waals surface area contributed by atoms with E-state index in [0.29, 0.717) is 11.7 Å². The van der Waals surface area contributed by atoms with Crippen LogP contribution in [0.15, 0.2) is 30.9 Å². The number of hydrogen-bond acceptors (Lipinski definition) is 4. The number of benzene rings is 1. The van der Waals surface area contributed by atoms with Gasteiger partial charge in [0.25, 0.3) is 0 Å². The highest BCUT2D eigenvalue weighted by Crippen LogP contribution is 2.29. The zero-order valence-corrected chi connectivity index (χ0v) is 11.9. The maximum atomic E-state index is 13.9. The number of carbonyl (C=O) groups excluding carboxylic acids is 1. The van der Waals surface area contributed by atoms with E-state index in [4.69, 9.17) is 0 Å². The Bertz CT molecular complexity index is 633. The number of nitrogens with zero attached hydrogens (tertiary/aromatic N) is 4. The Morgan fingerprint density at radius 3 is 2.71 bits per heavy atom. The molecule has 6 heteroatoms. The smallest absolute Gasteiger partial charge is 0.164 e. The van der Waals surface area contributed by atoms with Gasteiger partial charge in [0.1, 0.15) is 18.5 Å². The van der Waals surface area contributed by atoms with Gasteiger partial charge in [-0.1, -0.05) is 6.07 Å². The third-order valence-corrected chi connectivity index (χ3v) is 3.96. The fourth-order valence-electron chi connectivity index (χ4n) is 2.90. The number of ketones is 1. The molecule has 0 radical (unpaired) electrons. The van der Waals surface area contributed by atoms with E-state index in [-0.39, 0.29) is 11.3 Å².